The average Bonchev–Trinajstić information content (AvgIpc) is 3.39. The minimum absolute atomic E-state index is 0.00516. The van der Waals surface area contributed by atoms with Crippen LogP contribution in [-0.4, -0.2) is 28.0 Å². The number of carbonyl (C=O) groups excluding carboxylic acids is 3. The Balaban J connectivity index is 1.20. The van der Waals surface area contributed by atoms with Crippen molar-refractivity contribution in [3.05, 3.63) is 135 Å². The molecule has 0 aliphatic heterocycles. The highest BCUT2D eigenvalue weighted by Crippen LogP contribution is 2.33. The molecular formula is C36H29Cl2N3O3S. The Kier molecular flexibility index (Phi) is 9.40. The Morgan fingerprint density at radius 2 is 1.62 bits per heavy atom. The number of halogens is 2. The summed E-state index contributed by atoms with van der Waals surface area (Å²) in [7, 11) is 0. The van der Waals surface area contributed by atoms with Crippen molar-refractivity contribution in [3.63, 3.8) is 0 Å². The fourth-order valence-electron chi connectivity index (χ4n) is 5.57. The molecule has 1 aliphatic carbocycles. The molecule has 9 heteroatoms. The summed E-state index contributed by atoms with van der Waals surface area (Å²) in [6.07, 6.45) is 5.63. The lowest BCUT2D eigenvalue weighted by atomic mass is 9.96. The first-order valence-corrected chi connectivity index (χ1v) is 16.3. The molecule has 1 aromatic heterocycles. The molecule has 0 atom stereocenters. The van der Waals surface area contributed by atoms with Crippen LogP contribution in [0.25, 0.3) is 17.0 Å². The van der Waals surface area contributed by atoms with Crippen molar-refractivity contribution in [3.8, 4) is 0 Å². The van der Waals surface area contributed by atoms with Crippen LogP contribution in [0.3, 0.4) is 0 Å². The third-order valence-corrected chi connectivity index (χ3v) is 9.21. The predicted molar refractivity (Wildman–Crippen MR) is 183 cm³/mol. The second kappa shape index (κ2) is 13.8. The zero-order chi connectivity index (χ0) is 31.3. The number of hydrogen-bond acceptors (Lipinski definition) is 4. The van der Waals surface area contributed by atoms with Crippen LogP contribution in [0, 0.1) is 0 Å². The monoisotopic (exact) mass is 653 g/mol. The highest BCUT2D eigenvalue weighted by Gasteiger charge is 2.23. The molecule has 6 nitrogen and oxygen atoms in total. The second-order valence-electron chi connectivity index (χ2n) is 10.7. The lowest BCUT2D eigenvalue weighted by molar-refractivity contribution is -0.113. The van der Waals surface area contributed by atoms with Crippen LogP contribution in [0.15, 0.2) is 108 Å². The number of amides is 2. The van der Waals surface area contributed by atoms with Crippen LogP contribution in [0.2, 0.25) is 10.0 Å². The van der Waals surface area contributed by atoms with Crippen LogP contribution in [-0.2, 0) is 17.6 Å². The first kappa shape index (κ1) is 30.7. The van der Waals surface area contributed by atoms with Crippen molar-refractivity contribution in [1.82, 2.24) is 9.88 Å². The number of para-hydroxylation sites is 1. The maximum absolute atomic E-state index is 13.6. The van der Waals surface area contributed by atoms with Gasteiger partial charge in [0.15, 0.2) is 0 Å². The summed E-state index contributed by atoms with van der Waals surface area (Å²) in [4.78, 5) is 40.9. The minimum atomic E-state index is -0.533. The lowest BCUT2D eigenvalue weighted by Crippen LogP contribution is -2.30. The Hall–Kier alpha value is -4.30. The zero-order valence-electron chi connectivity index (χ0n) is 24.2. The molecule has 0 unspecified atom stereocenters. The largest absolute Gasteiger partial charge is 0.321 e. The molecule has 2 N–H and O–H groups in total. The number of aryl methyl sites for hydroxylation is 1. The van der Waals surface area contributed by atoms with Crippen LogP contribution >= 0.6 is 35.0 Å². The van der Waals surface area contributed by atoms with Gasteiger partial charge in [-0.1, -0.05) is 71.7 Å². The number of carbonyl (C=O) groups is 3. The molecule has 5 aromatic rings. The molecule has 0 fully saturated rings. The van der Waals surface area contributed by atoms with Gasteiger partial charge in [0.1, 0.15) is 5.70 Å². The molecule has 4 aromatic carbocycles. The topological polar surface area (TPSA) is 80.2 Å². The summed E-state index contributed by atoms with van der Waals surface area (Å²) in [5, 5.41) is 7.55. The maximum Gasteiger partial charge on any atom is 0.272 e. The van der Waals surface area contributed by atoms with Gasteiger partial charge < -0.3 is 10.6 Å². The number of rotatable bonds is 8. The van der Waals surface area contributed by atoms with Crippen molar-refractivity contribution < 1.29 is 14.4 Å². The van der Waals surface area contributed by atoms with E-state index < -0.39 is 11.8 Å². The fraction of sp³-hybridized carbons (Fsp3) is 0.139. The normalized spacial score (nSPS) is 12.9. The van der Waals surface area contributed by atoms with Gasteiger partial charge >= 0.3 is 0 Å². The van der Waals surface area contributed by atoms with E-state index >= 15 is 0 Å². The molecule has 0 saturated heterocycles. The summed E-state index contributed by atoms with van der Waals surface area (Å²) in [6, 6.07) is 28.9. The summed E-state index contributed by atoms with van der Waals surface area (Å²) < 4.78 is 1.90. The Bertz CT molecular complexity index is 1950. The molecule has 2 amide bonds. The number of benzene rings is 4. The Labute approximate surface area is 275 Å². The summed E-state index contributed by atoms with van der Waals surface area (Å²) in [6.45, 7) is 0. The van der Waals surface area contributed by atoms with E-state index in [1.165, 1.54) is 28.8 Å². The van der Waals surface area contributed by atoms with E-state index in [4.69, 9.17) is 23.2 Å². The second-order valence-corrected chi connectivity index (χ2v) is 12.6. The Morgan fingerprint density at radius 1 is 0.844 bits per heavy atom. The van der Waals surface area contributed by atoms with Gasteiger partial charge in [0.2, 0.25) is 5.91 Å². The molecule has 0 radical (unpaired) electrons. The molecule has 1 heterocycles. The van der Waals surface area contributed by atoms with Gasteiger partial charge in [0, 0.05) is 37.3 Å². The lowest BCUT2D eigenvalue weighted by Gasteiger charge is -2.15. The van der Waals surface area contributed by atoms with Crippen LogP contribution in [0.5, 0.6) is 0 Å². The van der Waals surface area contributed by atoms with Crippen molar-refractivity contribution >= 4 is 75.4 Å². The van der Waals surface area contributed by atoms with E-state index in [-0.39, 0.29) is 17.4 Å². The average molecular weight is 655 g/mol. The predicted octanol–water partition coefficient (Wildman–Crippen LogP) is 8.67. The number of fused-ring (bicyclic) bond motifs is 3. The maximum atomic E-state index is 13.6. The van der Waals surface area contributed by atoms with Crippen molar-refractivity contribution in [1.29, 1.82) is 0 Å². The van der Waals surface area contributed by atoms with Gasteiger partial charge in [-0.15, -0.1) is 11.8 Å². The zero-order valence-corrected chi connectivity index (χ0v) is 26.5. The van der Waals surface area contributed by atoms with Crippen LogP contribution < -0.4 is 10.6 Å². The SMILES string of the molecule is O=C(Nc1cccc(SCC(=O)n2c3c(c4ccccc42)CCCC3)c1)/C(=C/c1ccc(Cl)cc1Cl)NC(=O)c1ccccc1. The summed E-state index contributed by atoms with van der Waals surface area (Å²) >= 11 is 13.8. The number of nitrogens with zero attached hydrogens (tertiary/aromatic N) is 1. The highest BCUT2D eigenvalue weighted by atomic mass is 35.5. The van der Waals surface area contributed by atoms with E-state index in [1.807, 2.05) is 41.0 Å². The standard InChI is InChI=1S/C36H29Cl2N3O3S/c37-25-18-17-24(30(38)20-25)19-31(40-35(43)23-9-2-1-3-10-23)36(44)39-26-11-8-12-27(21-26)45-22-34(42)41-32-15-6-4-13-28(32)29-14-5-7-16-33(29)41/h1-4,6,8-13,15,17-21H,5,7,14,16,22H2,(H,39,44)(H,40,43)/b31-19-. The van der Waals surface area contributed by atoms with Crippen LogP contribution in [0.4, 0.5) is 5.69 Å². The van der Waals surface area contributed by atoms with Gasteiger partial charge in [0.25, 0.3) is 11.8 Å². The third kappa shape index (κ3) is 7.01. The molecule has 45 heavy (non-hydrogen) atoms. The molecule has 226 valence electrons. The van der Waals surface area contributed by atoms with E-state index in [0.717, 1.165) is 41.8 Å². The molecule has 0 spiro atoms. The molecule has 6 rings (SSSR count). The number of aromatic nitrogens is 1. The van der Waals surface area contributed by atoms with Gasteiger partial charge in [-0.3, -0.25) is 19.0 Å². The minimum Gasteiger partial charge on any atom is -0.321 e. The third-order valence-electron chi connectivity index (χ3n) is 7.67. The molecular weight excluding hydrogens is 625 g/mol. The molecule has 0 bridgehead atoms. The quantitative estimate of drug-likeness (QED) is 0.130. The van der Waals surface area contributed by atoms with E-state index in [9.17, 15) is 14.4 Å². The van der Waals surface area contributed by atoms with Gasteiger partial charge in [-0.05, 0) is 91.4 Å². The smallest absolute Gasteiger partial charge is 0.272 e. The fourth-order valence-corrected chi connectivity index (χ4v) is 6.84. The molecule has 0 saturated carbocycles. The van der Waals surface area contributed by atoms with Crippen LogP contribution in [0.1, 0.15) is 44.8 Å². The molecule has 1 aliphatic rings. The van der Waals surface area contributed by atoms with Gasteiger partial charge in [-0.2, -0.15) is 0 Å². The number of hydrogen-bond donors (Lipinski definition) is 2. The van der Waals surface area contributed by atoms with Crippen molar-refractivity contribution in [2.24, 2.45) is 0 Å². The Morgan fingerprint density at radius 3 is 2.44 bits per heavy atom. The van der Waals surface area contributed by atoms with E-state index in [2.05, 4.69) is 16.7 Å². The number of thioether (sulfide) groups is 1. The number of nitrogens with one attached hydrogen (secondary N) is 2. The summed E-state index contributed by atoms with van der Waals surface area (Å²) in [5.41, 5.74) is 4.83. The van der Waals surface area contributed by atoms with E-state index in [1.54, 1.807) is 54.6 Å². The first-order chi connectivity index (χ1) is 21.9. The van der Waals surface area contributed by atoms with Gasteiger partial charge in [0.05, 0.1) is 11.3 Å². The van der Waals surface area contributed by atoms with Crippen molar-refractivity contribution in [2.45, 2.75) is 30.6 Å². The van der Waals surface area contributed by atoms with E-state index in [0.29, 0.717) is 26.9 Å². The number of anilines is 1. The highest BCUT2D eigenvalue weighted by molar-refractivity contribution is 8.00. The van der Waals surface area contributed by atoms with Crippen molar-refractivity contribution in [2.75, 3.05) is 11.1 Å². The summed E-state index contributed by atoms with van der Waals surface area (Å²) in [5.74, 6) is -0.698. The van der Waals surface area contributed by atoms with Gasteiger partial charge in [-0.25, -0.2) is 0 Å². The first-order valence-electron chi connectivity index (χ1n) is 14.6.